The first kappa shape index (κ1) is 13.9. The number of aryl methyl sites for hydroxylation is 1. The number of hydrogen-bond donors (Lipinski definition) is 1. The van der Waals surface area contributed by atoms with E-state index in [2.05, 4.69) is 11.9 Å². The van der Waals surface area contributed by atoms with Crippen LogP contribution < -0.4 is 0 Å². The zero-order valence-corrected chi connectivity index (χ0v) is 11.9. The summed E-state index contributed by atoms with van der Waals surface area (Å²) in [4.78, 5) is 16.3. The van der Waals surface area contributed by atoms with Crippen molar-refractivity contribution in [1.82, 2.24) is 9.80 Å². The molecule has 1 unspecified atom stereocenters. The Labute approximate surface area is 114 Å². The smallest absolute Gasteiger partial charge is 0.257 e. The summed E-state index contributed by atoms with van der Waals surface area (Å²) in [5.41, 5.74) is 1.13. The fraction of sp³-hybridized carbons (Fsp3) is 0.533. The largest absolute Gasteiger partial charge is 0.507 e. The predicted molar refractivity (Wildman–Crippen MR) is 75.4 cm³/mol. The fourth-order valence-corrected chi connectivity index (χ4v) is 2.68. The van der Waals surface area contributed by atoms with Crippen molar-refractivity contribution in [2.45, 2.75) is 13.3 Å². The number of benzene rings is 1. The molecule has 1 atom stereocenters. The van der Waals surface area contributed by atoms with Crippen LogP contribution in [0.4, 0.5) is 0 Å². The highest BCUT2D eigenvalue weighted by Gasteiger charge is 2.24. The standard InChI is InChI=1S/C15H22N2O2/c1-11-5-4-6-13(14(11)18)15(19)17(3)10-12-7-8-16(2)9-12/h4-6,12,18H,7-10H2,1-3H3. The third kappa shape index (κ3) is 3.07. The summed E-state index contributed by atoms with van der Waals surface area (Å²) in [6.07, 6.45) is 1.13. The lowest BCUT2D eigenvalue weighted by atomic mass is 10.1. The molecule has 1 aliphatic heterocycles. The number of rotatable bonds is 3. The van der Waals surface area contributed by atoms with Gasteiger partial charge in [0.05, 0.1) is 5.56 Å². The van der Waals surface area contributed by atoms with Gasteiger partial charge >= 0.3 is 0 Å². The SMILES string of the molecule is Cc1cccc(C(=O)N(C)CC2CCN(C)C2)c1O. The van der Waals surface area contributed by atoms with Gasteiger partial charge in [-0.25, -0.2) is 0 Å². The van der Waals surface area contributed by atoms with E-state index in [1.807, 2.05) is 7.05 Å². The van der Waals surface area contributed by atoms with Gasteiger partial charge in [0.2, 0.25) is 0 Å². The number of likely N-dealkylation sites (tertiary alicyclic amines) is 1. The first-order chi connectivity index (χ1) is 8.99. The van der Waals surface area contributed by atoms with Crippen LogP contribution in [-0.2, 0) is 0 Å². The van der Waals surface area contributed by atoms with E-state index in [4.69, 9.17) is 0 Å². The molecule has 1 aromatic rings. The molecular weight excluding hydrogens is 240 g/mol. The molecule has 1 aromatic carbocycles. The van der Waals surface area contributed by atoms with Gasteiger partial charge in [0.25, 0.3) is 5.91 Å². The molecule has 4 nitrogen and oxygen atoms in total. The molecule has 19 heavy (non-hydrogen) atoms. The summed E-state index contributed by atoms with van der Waals surface area (Å²) in [7, 11) is 3.91. The lowest BCUT2D eigenvalue weighted by Crippen LogP contribution is -2.32. The van der Waals surface area contributed by atoms with Gasteiger partial charge in [-0.2, -0.15) is 0 Å². The highest BCUT2D eigenvalue weighted by atomic mass is 16.3. The van der Waals surface area contributed by atoms with E-state index in [9.17, 15) is 9.90 Å². The molecule has 0 aromatic heterocycles. The minimum atomic E-state index is -0.101. The van der Waals surface area contributed by atoms with E-state index in [1.165, 1.54) is 0 Å². The first-order valence-corrected chi connectivity index (χ1v) is 6.71. The second kappa shape index (κ2) is 5.61. The third-order valence-corrected chi connectivity index (χ3v) is 3.84. The van der Waals surface area contributed by atoms with Gasteiger partial charge < -0.3 is 14.9 Å². The number of nitrogens with zero attached hydrogens (tertiary/aromatic N) is 2. The summed E-state index contributed by atoms with van der Waals surface area (Å²) < 4.78 is 0. The Hall–Kier alpha value is -1.55. The summed E-state index contributed by atoms with van der Waals surface area (Å²) >= 11 is 0. The normalized spacial score (nSPS) is 19.6. The van der Waals surface area contributed by atoms with Crippen LogP contribution in [0.25, 0.3) is 0 Å². The van der Waals surface area contributed by atoms with E-state index in [1.54, 1.807) is 30.0 Å². The van der Waals surface area contributed by atoms with Crippen LogP contribution >= 0.6 is 0 Å². The minimum absolute atomic E-state index is 0.0999. The van der Waals surface area contributed by atoms with Gasteiger partial charge in [0.1, 0.15) is 5.75 Å². The maximum atomic E-state index is 12.3. The molecule has 1 aliphatic rings. The van der Waals surface area contributed by atoms with Crippen molar-refractivity contribution in [2.75, 3.05) is 33.7 Å². The number of amides is 1. The Balaban J connectivity index is 2.04. The molecule has 0 bridgehead atoms. The predicted octanol–water partition coefficient (Wildman–Crippen LogP) is 1.72. The number of hydrogen-bond acceptors (Lipinski definition) is 3. The molecule has 1 fully saturated rings. The Morgan fingerprint density at radius 1 is 1.53 bits per heavy atom. The topological polar surface area (TPSA) is 43.8 Å². The zero-order valence-electron chi connectivity index (χ0n) is 11.9. The molecule has 0 saturated carbocycles. The maximum absolute atomic E-state index is 12.3. The number of phenolic OH excluding ortho intramolecular Hbond substituents is 1. The summed E-state index contributed by atoms with van der Waals surface area (Å²) in [5.74, 6) is 0.532. The van der Waals surface area contributed by atoms with Gasteiger partial charge in [-0.15, -0.1) is 0 Å². The van der Waals surface area contributed by atoms with Gasteiger partial charge in [-0.05, 0) is 44.5 Å². The number of para-hydroxylation sites is 1. The monoisotopic (exact) mass is 262 g/mol. The number of carbonyl (C=O) groups excluding carboxylic acids is 1. The molecule has 4 heteroatoms. The van der Waals surface area contributed by atoms with Crippen LogP contribution in [0, 0.1) is 12.8 Å². The average molecular weight is 262 g/mol. The molecule has 1 amide bonds. The molecule has 0 radical (unpaired) electrons. The Morgan fingerprint density at radius 2 is 2.26 bits per heavy atom. The van der Waals surface area contributed by atoms with Crippen molar-refractivity contribution in [1.29, 1.82) is 0 Å². The molecular formula is C15H22N2O2. The second-order valence-corrected chi connectivity index (χ2v) is 5.57. The van der Waals surface area contributed by atoms with Crippen molar-refractivity contribution in [3.8, 4) is 5.75 Å². The molecule has 0 spiro atoms. The van der Waals surface area contributed by atoms with E-state index < -0.39 is 0 Å². The quantitative estimate of drug-likeness (QED) is 0.902. The van der Waals surface area contributed by atoms with Crippen molar-refractivity contribution in [2.24, 2.45) is 5.92 Å². The molecule has 1 saturated heterocycles. The van der Waals surface area contributed by atoms with Gasteiger partial charge in [-0.3, -0.25) is 4.79 Å². The lowest BCUT2D eigenvalue weighted by molar-refractivity contribution is 0.0771. The molecule has 1 heterocycles. The van der Waals surface area contributed by atoms with E-state index in [0.717, 1.165) is 31.6 Å². The number of phenols is 1. The Kier molecular flexibility index (Phi) is 4.10. The fourth-order valence-electron chi connectivity index (χ4n) is 2.68. The Bertz CT molecular complexity index is 473. The van der Waals surface area contributed by atoms with E-state index in [-0.39, 0.29) is 11.7 Å². The van der Waals surface area contributed by atoms with Crippen LogP contribution in [0.2, 0.25) is 0 Å². The summed E-state index contributed by atoms with van der Waals surface area (Å²) in [5, 5.41) is 9.96. The van der Waals surface area contributed by atoms with Crippen LogP contribution in [-0.4, -0.2) is 54.5 Å². The first-order valence-electron chi connectivity index (χ1n) is 6.71. The summed E-state index contributed by atoms with van der Waals surface area (Å²) in [6.45, 7) is 4.69. The van der Waals surface area contributed by atoms with Gasteiger partial charge in [-0.1, -0.05) is 12.1 Å². The zero-order chi connectivity index (χ0) is 14.0. The van der Waals surface area contributed by atoms with Crippen molar-refractivity contribution in [3.63, 3.8) is 0 Å². The second-order valence-electron chi connectivity index (χ2n) is 5.57. The van der Waals surface area contributed by atoms with Crippen molar-refractivity contribution >= 4 is 5.91 Å². The molecule has 2 rings (SSSR count). The minimum Gasteiger partial charge on any atom is -0.507 e. The molecule has 104 valence electrons. The number of aromatic hydroxyl groups is 1. The molecule has 0 aliphatic carbocycles. The highest BCUT2D eigenvalue weighted by Crippen LogP contribution is 2.23. The van der Waals surface area contributed by atoms with E-state index in [0.29, 0.717) is 11.5 Å². The Morgan fingerprint density at radius 3 is 2.89 bits per heavy atom. The van der Waals surface area contributed by atoms with Crippen LogP contribution in [0.1, 0.15) is 22.3 Å². The lowest BCUT2D eigenvalue weighted by Gasteiger charge is -2.22. The van der Waals surface area contributed by atoms with Crippen LogP contribution in [0.3, 0.4) is 0 Å². The van der Waals surface area contributed by atoms with Crippen molar-refractivity contribution in [3.05, 3.63) is 29.3 Å². The highest BCUT2D eigenvalue weighted by molar-refractivity contribution is 5.97. The maximum Gasteiger partial charge on any atom is 0.257 e. The number of carbonyl (C=O) groups is 1. The van der Waals surface area contributed by atoms with Crippen LogP contribution in [0.15, 0.2) is 18.2 Å². The van der Waals surface area contributed by atoms with Gasteiger partial charge in [0, 0.05) is 20.1 Å². The summed E-state index contributed by atoms with van der Waals surface area (Å²) in [6, 6.07) is 5.29. The van der Waals surface area contributed by atoms with Crippen LogP contribution in [0.5, 0.6) is 5.75 Å². The van der Waals surface area contributed by atoms with Crippen molar-refractivity contribution < 1.29 is 9.90 Å². The van der Waals surface area contributed by atoms with E-state index >= 15 is 0 Å². The van der Waals surface area contributed by atoms with Gasteiger partial charge in [0.15, 0.2) is 0 Å². The third-order valence-electron chi connectivity index (χ3n) is 3.84. The average Bonchev–Trinajstić information content (AvgIpc) is 2.77. The molecule has 1 N–H and O–H groups in total.